The minimum Gasteiger partial charge on any atom is -0.476 e. The van der Waals surface area contributed by atoms with Gasteiger partial charge in [-0.25, -0.2) is 0 Å². The predicted molar refractivity (Wildman–Crippen MR) is 90.1 cm³/mol. The summed E-state index contributed by atoms with van der Waals surface area (Å²) in [4.78, 5) is 5.82. The first-order valence-electron chi connectivity index (χ1n) is 7.23. The van der Waals surface area contributed by atoms with Crippen LogP contribution in [0.25, 0.3) is 0 Å². The lowest BCUT2D eigenvalue weighted by Crippen LogP contribution is -2.18. The van der Waals surface area contributed by atoms with Crippen molar-refractivity contribution in [3.8, 4) is 5.88 Å². The summed E-state index contributed by atoms with van der Waals surface area (Å²) in [5.74, 6) is 1.75. The van der Waals surface area contributed by atoms with Gasteiger partial charge in [0.1, 0.15) is 5.82 Å². The number of nitrogen functional groups attached to an aromatic ring is 1. The second-order valence-electron chi connectivity index (χ2n) is 5.62. The summed E-state index contributed by atoms with van der Waals surface area (Å²) in [5.41, 5.74) is 6.48. The third-order valence-electron chi connectivity index (χ3n) is 2.92. The summed E-state index contributed by atoms with van der Waals surface area (Å²) in [7, 11) is 0. The van der Waals surface area contributed by atoms with E-state index in [0.29, 0.717) is 30.1 Å². The molecule has 5 heteroatoms. The summed E-state index contributed by atoms with van der Waals surface area (Å²) >= 11 is 1.77. The Morgan fingerprint density at radius 1 is 1.29 bits per heavy atom. The van der Waals surface area contributed by atoms with Crippen molar-refractivity contribution in [2.45, 2.75) is 33.2 Å². The number of ether oxygens (including phenoxy) is 1. The van der Waals surface area contributed by atoms with Crippen molar-refractivity contribution >= 4 is 22.8 Å². The van der Waals surface area contributed by atoms with E-state index in [1.807, 2.05) is 12.1 Å². The van der Waals surface area contributed by atoms with Crippen LogP contribution in [0.5, 0.6) is 5.88 Å². The molecule has 2 heterocycles. The molecule has 0 aliphatic carbocycles. The summed E-state index contributed by atoms with van der Waals surface area (Å²) in [6.07, 6.45) is 0.978. The molecule has 0 saturated carbocycles. The van der Waals surface area contributed by atoms with E-state index in [9.17, 15) is 0 Å². The smallest absolute Gasteiger partial charge is 0.239 e. The molecule has 0 spiro atoms. The Morgan fingerprint density at radius 2 is 2.10 bits per heavy atom. The molecule has 3 N–H and O–H groups in total. The van der Waals surface area contributed by atoms with Crippen LogP contribution in [-0.4, -0.2) is 17.6 Å². The van der Waals surface area contributed by atoms with Gasteiger partial charge in [0.05, 0.1) is 12.3 Å². The molecule has 0 fully saturated rings. The minimum atomic E-state index is 0.303. The molecular formula is C16H23N3OS. The van der Waals surface area contributed by atoms with Crippen LogP contribution in [0, 0.1) is 5.92 Å². The van der Waals surface area contributed by atoms with Crippen LogP contribution < -0.4 is 15.8 Å². The van der Waals surface area contributed by atoms with Gasteiger partial charge in [0, 0.05) is 17.3 Å². The van der Waals surface area contributed by atoms with E-state index in [0.717, 1.165) is 12.2 Å². The number of nitrogens with two attached hydrogens (primary N) is 1. The average Bonchev–Trinajstić information content (AvgIpc) is 2.92. The molecule has 2 aromatic rings. The molecule has 0 aliphatic heterocycles. The average molecular weight is 305 g/mol. The largest absolute Gasteiger partial charge is 0.476 e. The van der Waals surface area contributed by atoms with Gasteiger partial charge in [-0.1, -0.05) is 19.9 Å². The van der Waals surface area contributed by atoms with E-state index >= 15 is 0 Å². The SMILES string of the molecule is CC(C)COc1nc(NC(C)Cc2cccs2)ccc1N. The number of nitrogens with zero attached hydrogens (tertiary/aromatic N) is 1. The molecule has 0 aromatic carbocycles. The highest BCUT2D eigenvalue weighted by Crippen LogP contribution is 2.22. The van der Waals surface area contributed by atoms with Crippen molar-refractivity contribution in [2.24, 2.45) is 5.92 Å². The highest BCUT2D eigenvalue weighted by Gasteiger charge is 2.09. The number of aromatic nitrogens is 1. The van der Waals surface area contributed by atoms with Crippen molar-refractivity contribution < 1.29 is 4.74 Å². The summed E-state index contributed by atoms with van der Waals surface area (Å²) in [6, 6.07) is 8.26. The molecule has 0 aliphatic rings. The molecule has 0 saturated heterocycles. The maximum atomic E-state index is 5.90. The van der Waals surface area contributed by atoms with E-state index in [1.165, 1.54) is 4.88 Å². The number of thiophene rings is 1. The monoisotopic (exact) mass is 305 g/mol. The van der Waals surface area contributed by atoms with E-state index in [1.54, 1.807) is 11.3 Å². The highest BCUT2D eigenvalue weighted by molar-refractivity contribution is 7.09. The van der Waals surface area contributed by atoms with Crippen molar-refractivity contribution in [3.05, 3.63) is 34.5 Å². The van der Waals surface area contributed by atoms with Crippen LogP contribution in [0.15, 0.2) is 29.6 Å². The van der Waals surface area contributed by atoms with E-state index in [2.05, 4.69) is 48.6 Å². The fraction of sp³-hybridized carbons (Fsp3) is 0.438. The lowest BCUT2D eigenvalue weighted by molar-refractivity contribution is 0.263. The van der Waals surface area contributed by atoms with E-state index < -0.39 is 0 Å². The Balaban J connectivity index is 1.97. The summed E-state index contributed by atoms with van der Waals surface area (Å²) < 4.78 is 5.65. The topological polar surface area (TPSA) is 60.2 Å². The standard InChI is InChI=1S/C16H23N3OS/c1-11(2)10-20-16-14(17)6-7-15(19-16)18-12(3)9-13-5-4-8-21-13/h4-8,11-12H,9-10,17H2,1-3H3,(H,18,19). The normalized spacial score (nSPS) is 12.4. The van der Waals surface area contributed by atoms with Crippen LogP contribution in [-0.2, 0) is 6.42 Å². The first-order chi connectivity index (χ1) is 10.0. The number of rotatable bonds is 7. The van der Waals surface area contributed by atoms with Gasteiger partial charge < -0.3 is 15.8 Å². The van der Waals surface area contributed by atoms with Gasteiger partial charge >= 0.3 is 0 Å². The molecule has 2 rings (SSSR count). The third-order valence-corrected chi connectivity index (χ3v) is 3.82. The molecular weight excluding hydrogens is 282 g/mol. The van der Waals surface area contributed by atoms with Crippen LogP contribution in [0.1, 0.15) is 25.6 Å². The van der Waals surface area contributed by atoms with Gasteiger partial charge in [0.15, 0.2) is 0 Å². The number of pyridine rings is 1. The molecule has 1 unspecified atom stereocenters. The van der Waals surface area contributed by atoms with Crippen LogP contribution in [0.3, 0.4) is 0 Å². The Morgan fingerprint density at radius 3 is 2.76 bits per heavy atom. The van der Waals surface area contributed by atoms with Gasteiger partial charge in [0.25, 0.3) is 0 Å². The maximum Gasteiger partial charge on any atom is 0.239 e. The Bertz CT molecular complexity index is 555. The van der Waals surface area contributed by atoms with Gasteiger partial charge in [-0.2, -0.15) is 4.98 Å². The number of hydrogen-bond donors (Lipinski definition) is 2. The fourth-order valence-corrected chi connectivity index (χ4v) is 2.76. The molecule has 21 heavy (non-hydrogen) atoms. The molecule has 0 amide bonds. The van der Waals surface area contributed by atoms with Crippen molar-refractivity contribution in [1.29, 1.82) is 0 Å². The van der Waals surface area contributed by atoms with E-state index in [-0.39, 0.29) is 0 Å². The van der Waals surface area contributed by atoms with Crippen LogP contribution in [0.2, 0.25) is 0 Å². The van der Waals surface area contributed by atoms with Crippen LogP contribution >= 0.6 is 11.3 Å². The lowest BCUT2D eigenvalue weighted by atomic mass is 10.2. The van der Waals surface area contributed by atoms with E-state index in [4.69, 9.17) is 10.5 Å². The predicted octanol–water partition coefficient (Wildman–Crippen LogP) is 3.80. The molecule has 114 valence electrons. The van der Waals surface area contributed by atoms with Gasteiger partial charge in [-0.05, 0) is 36.4 Å². The third kappa shape index (κ3) is 4.93. The number of hydrogen-bond acceptors (Lipinski definition) is 5. The minimum absolute atomic E-state index is 0.303. The Labute approximate surface area is 130 Å². The van der Waals surface area contributed by atoms with Crippen LogP contribution in [0.4, 0.5) is 11.5 Å². The van der Waals surface area contributed by atoms with Crippen molar-refractivity contribution in [1.82, 2.24) is 4.98 Å². The first kappa shape index (κ1) is 15.6. The maximum absolute atomic E-state index is 5.90. The number of anilines is 2. The zero-order valence-corrected chi connectivity index (χ0v) is 13.6. The van der Waals surface area contributed by atoms with Gasteiger partial charge in [0.2, 0.25) is 5.88 Å². The molecule has 0 radical (unpaired) electrons. The molecule has 2 aromatic heterocycles. The summed E-state index contributed by atoms with van der Waals surface area (Å²) in [6.45, 7) is 6.96. The van der Waals surface area contributed by atoms with Gasteiger partial charge in [-0.3, -0.25) is 0 Å². The quantitative estimate of drug-likeness (QED) is 0.817. The second-order valence-corrected chi connectivity index (χ2v) is 6.66. The summed E-state index contributed by atoms with van der Waals surface area (Å²) in [5, 5.41) is 5.49. The van der Waals surface area contributed by atoms with Crippen molar-refractivity contribution in [3.63, 3.8) is 0 Å². The molecule has 4 nitrogen and oxygen atoms in total. The molecule has 0 bridgehead atoms. The van der Waals surface area contributed by atoms with Crippen molar-refractivity contribution in [2.75, 3.05) is 17.7 Å². The fourth-order valence-electron chi connectivity index (χ4n) is 1.93. The zero-order chi connectivity index (χ0) is 15.2. The molecule has 1 atom stereocenters. The Kier molecular flexibility index (Phi) is 5.44. The van der Waals surface area contributed by atoms with Gasteiger partial charge in [-0.15, -0.1) is 11.3 Å². The number of nitrogens with one attached hydrogen (secondary N) is 1. The Hall–Kier alpha value is -1.75. The first-order valence-corrected chi connectivity index (χ1v) is 8.10. The second kappa shape index (κ2) is 7.31. The zero-order valence-electron chi connectivity index (χ0n) is 12.8. The lowest BCUT2D eigenvalue weighted by Gasteiger charge is -2.16. The highest BCUT2D eigenvalue weighted by atomic mass is 32.1.